The summed E-state index contributed by atoms with van der Waals surface area (Å²) in [6.45, 7) is 4.70. The van der Waals surface area contributed by atoms with E-state index in [1.54, 1.807) is 12.3 Å². The minimum absolute atomic E-state index is 0.151. The van der Waals surface area contributed by atoms with Gasteiger partial charge in [-0.05, 0) is 48.9 Å². The lowest BCUT2D eigenvalue weighted by Gasteiger charge is -2.21. The third-order valence-corrected chi connectivity index (χ3v) is 3.38. The molecule has 1 unspecified atom stereocenters. The standard InChI is InChI=1S/C15H16ClFN2/c1-3-18-15(12-5-4-8-19-10(12)2)13-9-11(17)6-7-14(13)16/h4-9,15,18H,3H2,1-2H3. The Morgan fingerprint density at radius 1 is 1.32 bits per heavy atom. The van der Waals surface area contributed by atoms with Crippen LogP contribution in [0.5, 0.6) is 0 Å². The molecule has 19 heavy (non-hydrogen) atoms. The van der Waals surface area contributed by atoms with Gasteiger partial charge >= 0.3 is 0 Å². The molecule has 0 radical (unpaired) electrons. The first-order chi connectivity index (χ1) is 9.13. The van der Waals surface area contributed by atoms with Crippen LogP contribution >= 0.6 is 11.6 Å². The molecule has 1 aromatic carbocycles. The van der Waals surface area contributed by atoms with Crippen molar-refractivity contribution in [2.24, 2.45) is 0 Å². The van der Waals surface area contributed by atoms with Crippen LogP contribution in [0.15, 0.2) is 36.5 Å². The number of aromatic nitrogens is 1. The SMILES string of the molecule is CCNC(c1cc(F)ccc1Cl)c1cccnc1C. The smallest absolute Gasteiger partial charge is 0.123 e. The van der Waals surface area contributed by atoms with Crippen molar-refractivity contribution in [2.75, 3.05) is 6.54 Å². The molecule has 0 aliphatic carbocycles. The van der Waals surface area contributed by atoms with Crippen molar-refractivity contribution in [3.63, 3.8) is 0 Å². The second kappa shape index (κ2) is 6.13. The molecular formula is C15H16ClFN2. The summed E-state index contributed by atoms with van der Waals surface area (Å²) < 4.78 is 13.5. The minimum Gasteiger partial charge on any atom is -0.306 e. The van der Waals surface area contributed by atoms with Gasteiger partial charge in [-0.2, -0.15) is 0 Å². The number of aryl methyl sites for hydroxylation is 1. The van der Waals surface area contributed by atoms with Gasteiger partial charge in [0, 0.05) is 16.9 Å². The van der Waals surface area contributed by atoms with Gasteiger partial charge in [-0.25, -0.2) is 4.39 Å². The van der Waals surface area contributed by atoms with E-state index in [2.05, 4.69) is 10.3 Å². The summed E-state index contributed by atoms with van der Waals surface area (Å²) in [5, 5.41) is 3.88. The van der Waals surface area contributed by atoms with Crippen molar-refractivity contribution >= 4 is 11.6 Å². The van der Waals surface area contributed by atoms with Crippen LogP contribution < -0.4 is 5.32 Å². The zero-order valence-corrected chi connectivity index (χ0v) is 11.7. The Kier molecular flexibility index (Phi) is 4.51. The topological polar surface area (TPSA) is 24.9 Å². The minimum atomic E-state index is -0.288. The monoisotopic (exact) mass is 278 g/mol. The van der Waals surface area contributed by atoms with Crippen LogP contribution in [0.1, 0.15) is 29.8 Å². The predicted molar refractivity (Wildman–Crippen MR) is 75.9 cm³/mol. The first kappa shape index (κ1) is 14.0. The fourth-order valence-corrected chi connectivity index (χ4v) is 2.36. The summed E-state index contributed by atoms with van der Waals surface area (Å²) in [4.78, 5) is 4.28. The maximum absolute atomic E-state index is 13.5. The van der Waals surface area contributed by atoms with Crippen molar-refractivity contribution in [3.8, 4) is 0 Å². The summed E-state index contributed by atoms with van der Waals surface area (Å²) >= 11 is 6.20. The van der Waals surface area contributed by atoms with Gasteiger partial charge < -0.3 is 5.32 Å². The zero-order chi connectivity index (χ0) is 13.8. The Hall–Kier alpha value is -1.45. The van der Waals surface area contributed by atoms with Gasteiger partial charge in [-0.1, -0.05) is 24.6 Å². The van der Waals surface area contributed by atoms with Gasteiger partial charge in [0.05, 0.1) is 6.04 Å². The van der Waals surface area contributed by atoms with Crippen LogP contribution in [-0.2, 0) is 0 Å². The van der Waals surface area contributed by atoms with Gasteiger partial charge in [0.2, 0.25) is 0 Å². The lowest BCUT2D eigenvalue weighted by molar-refractivity contribution is 0.600. The van der Waals surface area contributed by atoms with Gasteiger partial charge in [0.1, 0.15) is 5.82 Å². The molecule has 0 spiro atoms. The molecule has 2 aromatic rings. The van der Waals surface area contributed by atoms with Crippen LogP contribution in [0.4, 0.5) is 4.39 Å². The highest BCUT2D eigenvalue weighted by Gasteiger charge is 2.18. The molecule has 100 valence electrons. The Balaban J connectivity index is 2.51. The molecule has 0 fully saturated rings. The summed E-state index contributed by atoms with van der Waals surface area (Å²) in [5.74, 6) is -0.288. The van der Waals surface area contributed by atoms with E-state index < -0.39 is 0 Å². The molecule has 0 amide bonds. The predicted octanol–water partition coefficient (Wildman–Crippen LogP) is 3.88. The zero-order valence-electron chi connectivity index (χ0n) is 11.0. The number of rotatable bonds is 4. The number of halogens is 2. The lowest BCUT2D eigenvalue weighted by Crippen LogP contribution is -2.23. The van der Waals surface area contributed by atoms with E-state index >= 15 is 0 Å². The van der Waals surface area contributed by atoms with Crippen LogP contribution in [0.3, 0.4) is 0 Å². The van der Waals surface area contributed by atoms with Crippen molar-refractivity contribution in [3.05, 3.63) is 64.2 Å². The van der Waals surface area contributed by atoms with Crippen LogP contribution in [-0.4, -0.2) is 11.5 Å². The van der Waals surface area contributed by atoms with Gasteiger partial charge in [0.25, 0.3) is 0 Å². The molecule has 1 N–H and O–H groups in total. The molecule has 1 aromatic heterocycles. The number of pyridine rings is 1. The summed E-state index contributed by atoms with van der Waals surface area (Å²) in [7, 11) is 0. The van der Waals surface area contributed by atoms with E-state index in [1.807, 2.05) is 26.0 Å². The van der Waals surface area contributed by atoms with Gasteiger partial charge in [0.15, 0.2) is 0 Å². The van der Waals surface area contributed by atoms with E-state index in [9.17, 15) is 4.39 Å². The van der Waals surface area contributed by atoms with Crippen molar-refractivity contribution in [2.45, 2.75) is 19.9 Å². The molecule has 0 bridgehead atoms. The average Bonchev–Trinajstić information content (AvgIpc) is 2.40. The van der Waals surface area contributed by atoms with E-state index in [0.717, 1.165) is 23.4 Å². The summed E-state index contributed by atoms with van der Waals surface area (Å²) in [5.41, 5.74) is 2.66. The van der Waals surface area contributed by atoms with Crippen molar-refractivity contribution in [1.29, 1.82) is 0 Å². The molecular weight excluding hydrogens is 263 g/mol. The van der Waals surface area contributed by atoms with E-state index in [1.165, 1.54) is 12.1 Å². The Morgan fingerprint density at radius 3 is 2.79 bits per heavy atom. The van der Waals surface area contributed by atoms with Crippen molar-refractivity contribution < 1.29 is 4.39 Å². The second-order valence-corrected chi connectivity index (χ2v) is 4.74. The highest BCUT2D eigenvalue weighted by molar-refractivity contribution is 6.31. The van der Waals surface area contributed by atoms with Gasteiger partial charge in [-0.15, -0.1) is 0 Å². The fraction of sp³-hybridized carbons (Fsp3) is 0.267. The van der Waals surface area contributed by atoms with Crippen LogP contribution in [0, 0.1) is 12.7 Å². The first-order valence-electron chi connectivity index (χ1n) is 6.23. The van der Waals surface area contributed by atoms with Gasteiger partial charge in [-0.3, -0.25) is 4.98 Å². The highest BCUT2D eigenvalue weighted by Crippen LogP contribution is 2.30. The number of nitrogens with zero attached hydrogens (tertiary/aromatic N) is 1. The lowest BCUT2D eigenvalue weighted by atomic mass is 9.97. The van der Waals surface area contributed by atoms with Crippen LogP contribution in [0.2, 0.25) is 5.02 Å². The number of hydrogen-bond acceptors (Lipinski definition) is 2. The molecule has 0 saturated carbocycles. The molecule has 0 aliphatic heterocycles. The molecule has 2 rings (SSSR count). The normalized spacial score (nSPS) is 12.4. The maximum atomic E-state index is 13.5. The Labute approximate surface area is 117 Å². The third kappa shape index (κ3) is 3.11. The molecule has 2 nitrogen and oxygen atoms in total. The Bertz CT molecular complexity index is 572. The number of nitrogens with one attached hydrogen (secondary N) is 1. The summed E-state index contributed by atoms with van der Waals surface area (Å²) in [6.07, 6.45) is 1.75. The van der Waals surface area contributed by atoms with Crippen LogP contribution in [0.25, 0.3) is 0 Å². The average molecular weight is 279 g/mol. The molecule has 1 atom stereocenters. The molecule has 0 aliphatic rings. The van der Waals surface area contributed by atoms with E-state index in [0.29, 0.717) is 5.02 Å². The third-order valence-electron chi connectivity index (χ3n) is 3.04. The maximum Gasteiger partial charge on any atom is 0.123 e. The molecule has 0 saturated heterocycles. The summed E-state index contributed by atoms with van der Waals surface area (Å²) in [6, 6.07) is 8.13. The number of hydrogen-bond donors (Lipinski definition) is 1. The number of benzene rings is 1. The van der Waals surface area contributed by atoms with E-state index in [4.69, 9.17) is 11.6 Å². The second-order valence-electron chi connectivity index (χ2n) is 4.33. The highest BCUT2D eigenvalue weighted by atomic mass is 35.5. The van der Waals surface area contributed by atoms with E-state index in [-0.39, 0.29) is 11.9 Å². The molecule has 1 heterocycles. The first-order valence-corrected chi connectivity index (χ1v) is 6.61. The quantitative estimate of drug-likeness (QED) is 0.918. The largest absolute Gasteiger partial charge is 0.306 e. The van der Waals surface area contributed by atoms with Crippen molar-refractivity contribution in [1.82, 2.24) is 10.3 Å². The Morgan fingerprint density at radius 2 is 2.11 bits per heavy atom. The fourth-order valence-electron chi connectivity index (χ4n) is 2.13. The molecule has 4 heteroatoms.